The summed E-state index contributed by atoms with van der Waals surface area (Å²) in [7, 11) is 0. The van der Waals surface area contributed by atoms with Crippen LogP contribution in [0, 0.1) is 0 Å². The van der Waals surface area contributed by atoms with Crippen LogP contribution in [-0.4, -0.2) is 16.3 Å². The summed E-state index contributed by atoms with van der Waals surface area (Å²) in [5, 5.41) is 11.2. The Kier molecular flexibility index (Phi) is 7.07. The van der Waals surface area contributed by atoms with Crippen LogP contribution in [0.25, 0.3) is 10.2 Å². The molecule has 3 nitrogen and oxygen atoms in total. The Morgan fingerprint density at radius 2 is 1.83 bits per heavy atom. The van der Waals surface area contributed by atoms with E-state index in [1.54, 1.807) is 35.4 Å². The minimum Gasteiger partial charge on any atom is -0.506 e. The molecule has 0 saturated carbocycles. The molecule has 9 heteroatoms. The highest BCUT2D eigenvalue weighted by Crippen LogP contribution is 2.36. The summed E-state index contributed by atoms with van der Waals surface area (Å²) >= 11 is 22.2. The van der Waals surface area contributed by atoms with Gasteiger partial charge in [-0.25, -0.2) is 4.98 Å². The molecule has 0 aliphatic rings. The lowest BCUT2D eigenvalue weighted by atomic mass is 10.2. The molecule has 1 aromatic heterocycles. The predicted molar refractivity (Wildman–Crippen MR) is 136 cm³/mol. The second-order valence-corrected chi connectivity index (χ2v) is 11.1. The molecule has 1 N–H and O–H groups in total. The molecule has 0 aliphatic carbocycles. The number of thioether (sulfide) groups is 1. The van der Waals surface area contributed by atoms with Crippen LogP contribution < -0.4 is 0 Å². The molecule has 4 aromatic rings. The number of thiazole rings is 1. The van der Waals surface area contributed by atoms with Crippen molar-refractivity contribution in [2.45, 2.75) is 10.1 Å². The van der Waals surface area contributed by atoms with Crippen LogP contribution in [0.5, 0.6) is 5.75 Å². The number of rotatable bonds is 5. The van der Waals surface area contributed by atoms with Crippen molar-refractivity contribution in [2.24, 2.45) is 4.99 Å². The Balaban J connectivity index is 1.51. The van der Waals surface area contributed by atoms with Gasteiger partial charge in [0, 0.05) is 22.0 Å². The largest absolute Gasteiger partial charge is 0.506 e. The zero-order valence-corrected chi connectivity index (χ0v) is 21.4. The molecule has 0 amide bonds. The molecule has 30 heavy (non-hydrogen) atoms. The van der Waals surface area contributed by atoms with Crippen LogP contribution in [0.2, 0.25) is 10.0 Å². The van der Waals surface area contributed by atoms with Crippen LogP contribution in [-0.2, 0) is 5.75 Å². The second-order valence-electron chi connectivity index (χ2n) is 6.25. The normalized spacial score (nSPS) is 11.6. The smallest absolute Gasteiger partial charge is 0.151 e. The average molecular weight is 603 g/mol. The number of aromatic nitrogens is 1. The maximum Gasteiger partial charge on any atom is 0.151 e. The third-order valence-corrected chi connectivity index (χ3v) is 8.14. The number of phenols is 1. The van der Waals surface area contributed by atoms with Crippen LogP contribution in [0.4, 0.5) is 5.69 Å². The summed E-state index contributed by atoms with van der Waals surface area (Å²) in [6, 6.07) is 15.0. The molecule has 0 fully saturated rings. The minimum absolute atomic E-state index is 0.169. The quantitative estimate of drug-likeness (QED) is 0.183. The molecule has 0 bridgehead atoms. The summed E-state index contributed by atoms with van der Waals surface area (Å²) < 4.78 is 3.25. The lowest BCUT2D eigenvalue weighted by Crippen LogP contribution is -1.83. The van der Waals surface area contributed by atoms with Crippen molar-refractivity contribution < 1.29 is 5.11 Å². The SMILES string of the molecule is Oc1c(Br)cc(C=Nc2ccc3nc(SCc4cc(Cl)ccc4Cl)sc3c2)cc1Br. The van der Waals surface area contributed by atoms with Gasteiger partial charge in [-0.1, -0.05) is 35.0 Å². The van der Waals surface area contributed by atoms with E-state index >= 15 is 0 Å². The fourth-order valence-electron chi connectivity index (χ4n) is 2.64. The Morgan fingerprint density at radius 1 is 1.07 bits per heavy atom. The predicted octanol–water partition coefficient (Wildman–Crippen LogP) is 8.88. The number of phenolic OH excluding ortho intramolecular Hbond substituents is 1. The van der Waals surface area contributed by atoms with Gasteiger partial charge in [-0.05, 0) is 91.5 Å². The van der Waals surface area contributed by atoms with E-state index in [1.807, 2.05) is 42.5 Å². The van der Waals surface area contributed by atoms with E-state index in [1.165, 1.54) is 0 Å². The molecule has 4 rings (SSSR count). The number of aliphatic imine (C=N–C) groups is 1. The van der Waals surface area contributed by atoms with Crippen LogP contribution in [0.15, 0.2) is 66.8 Å². The lowest BCUT2D eigenvalue weighted by Gasteiger charge is -2.02. The fourth-order valence-corrected chi connectivity index (χ4v) is 6.41. The zero-order chi connectivity index (χ0) is 21.3. The van der Waals surface area contributed by atoms with E-state index in [0.717, 1.165) is 31.4 Å². The van der Waals surface area contributed by atoms with E-state index in [9.17, 15) is 5.11 Å². The first-order valence-electron chi connectivity index (χ1n) is 8.58. The molecule has 152 valence electrons. The maximum absolute atomic E-state index is 9.82. The monoisotopic (exact) mass is 600 g/mol. The van der Waals surface area contributed by atoms with Crippen molar-refractivity contribution in [3.05, 3.63) is 78.6 Å². The Morgan fingerprint density at radius 3 is 2.60 bits per heavy atom. The number of benzene rings is 3. The van der Waals surface area contributed by atoms with Gasteiger partial charge in [-0.2, -0.15) is 0 Å². The summed E-state index contributed by atoms with van der Waals surface area (Å²) in [5.41, 5.74) is 3.63. The first-order chi connectivity index (χ1) is 14.4. The minimum atomic E-state index is 0.169. The summed E-state index contributed by atoms with van der Waals surface area (Å²) in [6.45, 7) is 0. The van der Waals surface area contributed by atoms with Gasteiger partial charge in [0.25, 0.3) is 0 Å². The third-order valence-electron chi connectivity index (χ3n) is 4.11. The first kappa shape index (κ1) is 22.1. The van der Waals surface area contributed by atoms with E-state index in [0.29, 0.717) is 24.7 Å². The van der Waals surface area contributed by atoms with Gasteiger partial charge in [-0.3, -0.25) is 4.99 Å². The molecule has 3 aromatic carbocycles. The van der Waals surface area contributed by atoms with Crippen molar-refractivity contribution >= 4 is 100 Å². The molecule has 0 atom stereocenters. The average Bonchev–Trinajstić information content (AvgIpc) is 3.13. The topological polar surface area (TPSA) is 45.5 Å². The number of hydrogen-bond acceptors (Lipinski definition) is 5. The fraction of sp³-hybridized carbons (Fsp3) is 0.0476. The number of aromatic hydroxyl groups is 1. The standard InChI is InChI=1S/C21H12Br2Cl2N2OS2/c22-15-5-11(6-16(23)20(15)28)9-26-14-2-4-18-19(8-14)30-21(27-18)29-10-12-7-13(24)1-3-17(12)25/h1-9,28H,10H2. The van der Waals surface area contributed by atoms with Gasteiger partial charge in [0.05, 0.1) is 24.8 Å². The van der Waals surface area contributed by atoms with Gasteiger partial charge in [0.15, 0.2) is 4.34 Å². The second kappa shape index (κ2) is 9.59. The summed E-state index contributed by atoms with van der Waals surface area (Å²) in [6.07, 6.45) is 1.76. The van der Waals surface area contributed by atoms with Gasteiger partial charge >= 0.3 is 0 Å². The van der Waals surface area contributed by atoms with Crippen molar-refractivity contribution in [2.75, 3.05) is 0 Å². The molecular weight excluding hydrogens is 591 g/mol. The molecule has 0 spiro atoms. The van der Waals surface area contributed by atoms with Crippen molar-refractivity contribution in [1.29, 1.82) is 0 Å². The Hall–Kier alpha value is -1.09. The van der Waals surface area contributed by atoms with Crippen LogP contribution in [0.1, 0.15) is 11.1 Å². The Bertz CT molecular complexity index is 1250. The Labute approximate surface area is 208 Å². The highest BCUT2D eigenvalue weighted by molar-refractivity contribution is 9.11. The molecule has 0 aliphatic heterocycles. The van der Waals surface area contributed by atoms with Crippen LogP contribution in [0.3, 0.4) is 0 Å². The summed E-state index contributed by atoms with van der Waals surface area (Å²) in [5.74, 6) is 0.872. The molecule has 0 unspecified atom stereocenters. The first-order valence-corrected chi connectivity index (χ1v) is 12.7. The molecule has 0 radical (unpaired) electrons. The van der Waals surface area contributed by atoms with E-state index in [4.69, 9.17) is 23.2 Å². The molecular formula is C21H12Br2Cl2N2OS2. The summed E-state index contributed by atoms with van der Waals surface area (Å²) in [4.78, 5) is 9.24. The highest BCUT2D eigenvalue weighted by atomic mass is 79.9. The van der Waals surface area contributed by atoms with Crippen LogP contribution >= 0.6 is 78.2 Å². The van der Waals surface area contributed by atoms with Gasteiger partial charge in [-0.15, -0.1) is 11.3 Å². The van der Waals surface area contributed by atoms with Crippen molar-refractivity contribution in [3.8, 4) is 5.75 Å². The van der Waals surface area contributed by atoms with Gasteiger partial charge < -0.3 is 5.11 Å². The number of hydrogen-bond donors (Lipinski definition) is 1. The molecule has 1 heterocycles. The van der Waals surface area contributed by atoms with Gasteiger partial charge in [0.1, 0.15) is 5.75 Å². The maximum atomic E-state index is 9.82. The highest BCUT2D eigenvalue weighted by Gasteiger charge is 2.08. The van der Waals surface area contributed by atoms with Crippen molar-refractivity contribution in [3.63, 3.8) is 0 Å². The van der Waals surface area contributed by atoms with Crippen molar-refractivity contribution in [1.82, 2.24) is 4.98 Å². The number of nitrogens with zero attached hydrogens (tertiary/aromatic N) is 2. The number of halogens is 4. The van der Waals surface area contributed by atoms with E-state index in [2.05, 4.69) is 41.8 Å². The van der Waals surface area contributed by atoms with E-state index < -0.39 is 0 Å². The third kappa shape index (κ3) is 5.21. The van der Waals surface area contributed by atoms with E-state index in [-0.39, 0.29) is 5.75 Å². The lowest BCUT2D eigenvalue weighted by molar-refractivity contribution is 0.468. The molecule has 0 saturated heterocycles. The zero-order valence-electron chi connectivity index (χ0n) is 15.1. The number of fused-ring (bicyclic) bond motifs is 1. The van der Waals surface area contributed by atoms with Gasteiger partial charge in [0.2, 0.25) is 0 Å².